The lowest BCUT2D eigenvalue weighted by molar-refractivity contribution is -0.384. The molecule has 0 saturated heterocycles. The van der Waals surface area contributed by atoms with Crippen LogP contribution in [0.3, 0.4) is 0 Å². The van der Waals surface area contributed by atoms with Crippen molar-refractivity contribution in [1.29, 1.82) is 0 Å². The Hall–Kier alpha value is -3.51. The van der Waals surface area contributed by atoms with Crippen LogP contribution in [0, 0.1) is 10.1 Å². The number of thiazole rings is 1. The van der Waals surface area contributed by atoms with Gasteiger partial charge < -0.3 is 4.57 Å². The minimum Gasteiger partial charge on any atom is -0.313 e. The van der Waals surface area contributed by atoms with Crippen molar-refractivity contribution in [2.75, 3.05) is 0 Å². The zero-order valence-corrected chi connectivity index (χ0v) is 18.4. The largest absolute Gasteiger partial charge is 0.313 e. The summed E-state index contributed by atoms with van der Waals surface area (Å²) in [4.78, 5) is 16.7. The molecule has 0 amide bonds. The molecule has 4 aromatic rings. The molecule has 0 spiro atoms. The molecule has 1 heterocycles. The summed E-state index contributed by atoms with van der Waals surface area (Å²) in [6, 6.07) is 26.0. The van der Waals surface area contributed by atoms with Crippen molar-refractivity contribution in [3.8, 4) is 22.4 Å². The summed E-state index contributed by atoms with van der Waals surface area (Å²) in [7, 11) is 0. The van der Waals surface area contributed by atoms with Gasteiger partial charge in [0.25, 0.3) is 5.69 Å². The van der Waals surface area contributed by atoms with Crippen molar-refractivity contribution in [2.24, 2.45) is 4.99 Å². The predicted octanol–water partition coefficient (Wildman–Crippen LogP) is 7.14. The highest BCUT2D eigenvalue weighted by Gasteiger charge is 2.22. The average molecular weight is 442 g/mol. The van der Waals surface area contributed by atoms with Crippen LogP contribution in [0.2, 0.25) is 0 Å². The molecule has 0 aliphatic heterocycles. The Labute approximate surface area is 190 Å². The Morgan fingerprint density at radius 2 is 1.47 bits per heavy atom. The number of rotatable bonds is 5. The Balaban J connectivity index is 1.60. The summed E-state index contributed by atoms with van der Waals surface area (Å²) >= 11 is 1.55. The van der Waals surface area contributed by atoms with Gasteiger partial charge in [0.05, 0.1) is 10.6 Å². The van der Waals surface area contributed by atoms with Crippen molar-refractivity contribution in [3.63, 3.8) is 0 Å². The van der Waals surface area contributed by atoms with Crippen LogP contribution < -0.4 is 4.80 Å². The Bertz CT molecular complexity index is 1300. The maximum absolute atomic E-state index is 11.5. The molecule has 1 aliphatic rings. The van der Waals surface area contributed by atoms with Gasteiger partial charge in [0.15, 0.2) is 4.80 Å². The Morgan fingerprint density at radius 3 is 2.19 bits per heavy atom. The number of aromatic nitrogens is 1. The van der Waals surface area contributed by atoms with E-state index in [1.807, 2.05) is 18.2 Å². The monoisotopic (exact) mass is 441 g/mol. The zero-order valence-electron chi connectivity index (χ0n) is 17.6. The van der Waals surface area contributed by atoms with Crippen molar-refractivity contribution < 1.29 is 4.92 Å². The summed E-state index contributed by atoms with van der Waals surface area (Å²) in [6.07, 6.45) is 4.61. The van der Waals surface area contributed by atoms with E-state index in [4.69, 9.17) is 4.99 Å². The molecule has 5 nitrogen and oxygen atoms in total. The molecule has 0 N–H and O–H groups in total. The van der Waals surface area contributed by atoms with Crippen LogP contribution in [0.25, 0.3) is 22.4 Å². The lowest BCUT2D eigenvalue weighted by Gasteiger charge is -2.16. The minimum atomic E-state index is -0.366. The molecule has 1 aliphatic carbocycles. The lowest BCUT2D eigenvalue weighted by Crippen LogP contribution is -2.20. The van der Waals surface area contributed by atoms with Gasteiger partial charge >= 0.3 is 0 Å². The van der Waals surface area contributed by atoms with Crippen LogP contribution >= 0.6 is 11.3 Å². The Morgan fingerprint density at radius 1 is 0.844 bits per heavy atom. The maximum atomic E-state index is 11.5. The lowest BCUT2D eigenvalue weighted by atomic mass is 10.0. The highest BCUT2D eigenvalue weighted by atomic mass is 32.1. The normalized spacial score (nSPS) is 14.7. The van der Waals surface area contributed by atoms with Gasteiger partial charge in [0, 0.05) is 17.5 Å². The molecule has 160 valence electrons. The fourth-order valence-electron chi connectivity index (χ4n) is 4.41. The smallest absolute Gasteiger partial charge is 0.294 e. The molecule has 32 heavy (non-hydrogen) atoms. The van der Waals surface area contributed by atoms with E-state index in [9.17, 15) is 10.1 Å². The molecule has 0 unspecified atom stereocenters. The first-order valence-corrected chi connectivity index (χ1v) is 11.7. The van der Waals surface area contributed by atoms with Crippen LogP contribution in [0.5, 0.6) is 0 Å². The first kappa shape index (κ1) is 20.4. The molecule has 5 rings (SSSR count). The standard InChI is InChI=1S/C26H23N3O2S/c30-29(31)24-13-7-6-12-23(24)27-26-28(22-10-4-5-11-22)25(18-32-26)21-16-14-20(15-17-21)19-8-2-1-3-9-19/h1-3,6-9,12-18,22H,4-5,10-11H2. The van der Waals surface area contributed by atoms with E-state index in [2.05, 4.69) is 46.3 Å². The van der Waals surface area contributed by atoms with E-state index >= 15 is 0 Å². The van der Waals surface area contributed by atoms with Gasteiger partial charge in [-0.1, -0.05) is 79.6 Å². The summed E-state index contributed by atoms with van der Waals surface area (Å²) < 4.78 is 2.30. The molecule has 1 aromatic heterocycles. The fourth-order valence-corrected chi connectivity index (χ4v) is 5.39. The first-order valence-electron chi connectivity index (χ1n) is 10.8. The van der Waals surface area contributed by atoms with E-state index in [1.54, 1.807) is 29.5 Å². The number of nitro benzene ring substituents is 1. The van der Waals surface area contributed by atoms with E-state index < -0.39 is 0 Å². The summed E-state index contributed by atoms with van der Waals surface area (Å²) in [5.74, 6) is 0. The molecular formula is C26H23N3O2S. The van der Waals surface area contributed by atoms with Crippen LogP contribution in [0.1, 0.15) is 31.7 Å². The number of nitrogens with zero attached hydrogens (tertiary/aromatic N) is 3. The molecular weight excluding hydrogens is 418 g/mol. The van der Waals surface area contributed by atoms with Crippen LogP contribution in [0.15, 0.2) is 89.2 Å². The second-order valence-electron chi connectivity index (χ2n) is 8.01. The fraction of sp³-hybridized carbons (Fsp3) is 0.192. The van der Waals surface area contributed by atoms with Crippen molar-refractivity contribution >= 4 is 22.7 Å². The average Bonchev–Trinajstić information content (AvgIpc) is 3.50. The van der Waals surface area contributed by atoms with E-state index in [1.165, 1.54) is 30.0 Å². The van der Waals surface area contributed by atoms with Gasteiger partial charge in [-0.2, -0.15) is 0 Å². The SMILES string of the molecule is O=[N+]([O-])c1ccccc1N=c1scc(-c2ccc(-c3ccccc3)cc2)n1C1CCCC1. The van der Waals surface area contributed by atoms with E-state index in [0.717, 1.165) is 28.9 Å². The second-order valence-corrected chi connectivity index (χ2v) is 8.85. The van der Waals surface area contributed by atoms with Crippen molar-refractivity contribution in [2.45, 2.75) is 31.7 Å². The number of hydrogen-bond acceptors (Lipinski definition) is 4. The molecule has 0 radical (unpaired) electrons. The van der Waals surface area contributed by atoms with Gasteiger partial charge in [-0.05, 0) is 35.6 Å². The van der Waals surface area contributed by atoms with Gasteiger partial charge in [0.2, 0.25) is 0 Å². The third kappa shape index (κ3) is 4.01. The third-order valence-corrected chi connectivity index (χ3v) is 6.85. The Kier molecular flexibility index (Phi) is 5.69. The van der Waals surface area contributed by atoms with Crippen LogP contribution in [0.4, 0.5) is 11.4 Å². The molecule has 1 fully saturated rings. The highest BCUT2D eigenvalue weighted by molar-refractivity contribution is 7.07. The maximum Gasteiger partial charge on any atom is 0.294 e. The molecule has 1 saturated carbocycles. The van der Waals surface area contributed by atoms with Crippen molar-refractivity contribution in [1.82, 2.24) is 4.57 Å². The van der Waals surface area contributed by atoms with Crippen LogP contribution in [-0.2, 0) is 0 Å². The first-order chi connectivity index (χ1) is 15.7. The number of nitro groups is 1. The third-order valence-electron chi connectivity index (χ3n) is 6.01. The van der Waals surface area contributed by atoms with Gasteiger partial charge in [-0.25, -0.2) is 4.99 Å². The van der Waals surface area contributed by atoms with Gasteiger partial charge in [-0.3, -0.25) is 10.1 Å². The quantitative estimate of drug-likeness (QED) is 0.244. The summed E-state index contributed by atoms with van der Waals surface area (Å²) in [5, 5.41) is 13.6. The number of para-hydroxylation sites is 2. The molecule has 3 aromatic carbocycles. The summed E-state index contributed by atoms with van der Waals surface area (Å²) in [5.41, 5.74) is 5.07. The number of hydrogen-bond donors (Lipinski definition) is 0. The predicted molar refractivity (Wildman–Crippen MR) is 129 cm³/mol. The highest BCUT2D eigenvalue weighted by Crippen LogP contribution is 2.35. The number of benzene rings is 3. The topological polar surface area (TPSA) is 60.4 Å². The second kappa shape index (κ2) is 8.93. The van der Waals surface area contributed by atoms with Gasteiger partial charge in [-0.15, -0.1) is 11.3 Å². The van der Waals surface area contributed by atoms with Crippen molar-refractivity contribution in [3.05, 3.63) is 99.2 Å². The van der Waals surface area contributed by atoms with E-state index in [-0.39, 0.29) is 10.6 Å². The van der Waals surface area contributed by atoms with Gasteiger partial charge in [0.1, 0.15) is 5.69 Å². The minimum absolute atomic E-state index is 0.0348. The molecule has 0 atom stereocenters. The molecule has 6 heteroatoms. The van der Waals surface area contributed by atoms with Crippen LogP contribution in [-0.4, -0.2) is 9.49 Å². The zero-order chi connectivity index (χ0) is 21.9. The summed E-state index contributed by atoms with van der Waals surface area (Å²) in [6.45, 7) is 0. The molecule has 0 bridgehead atoms. The van der Waals surface area contributed by atoms with E-state index in [0.29, 0.717) is 11.7 Å².